The average molecular weight is 491 g/mol. The number of aliphatic hydroxyl groups is 1. The Morgan fingerprint density at radius 2 is 1.89 bits per heavy atom. The molecule has 1 saturated heterocycles. The Balaban J connectivity index is 1.74. The van der Waals surface area contributed by atoms with Crippen molar-refractivity contribution in [1.29, 1.82) is 0 Å². The molecule has 3 rings (SSSR count). The molecular formula is C26H38N2O7. The first kappa shape index (κ1) is 26.8. The lowest BCUT2D eigenvalue weighted by Gasteiger charge is -2.32. The number of aromatic nitrogens is 2. The molecule has 2 heterocycles. The van der Waals surface area contributed by atoms with E-state index in [0.717, 1.165) is 22.6 Å². The molecule has 1 fully saturated rings. The van der Waals surface area contributed by atoms with Crippen molar-refractivity contribution in [2.75, 3.05) is 13.2 Å². The quantitative estimate of drug-likeness (QED) is 0.484. The van der Waals surface area contributed by atoms with Crippen molar-refractivity contribution < 1.29 is 33.6 Å². The van der Waals surface area contributed by atoms with E-state index in [0.29, 0.717) is 25.1 Å². The fraction of sp³-hybridized carbons (Fsp3) is 0.615. The van der Waals surface area contributed by atoms with Gasteiger partial charge in [0.25, 0.3) is 0 Å². The standard InChI is InChI=1S/C26H38N2O7/c1-7-31-26(30)32-15-22-13-20(29)14-24(34-22)35-25-23(18(6)28(27-25)16(2)3)12-19-8-10-21(11-9-19)33-17(4)5/h8-11,16-17,20,22,24,29H,7,12-15H2,1-6H3/t20-,22-,24?/m0/s1. The Morgan fingerprint density at radius 3 is 2.51 bits per heavy atom. The summed E-state index contributed by atoms with van der Waals surface area (Å²) >= 11 is 0. The normalized spacial score (nSPS) is 20.2. The SMILES string of the molecule is CCOC(=O)OC[C@@H]1C[C@H](O)CC(Oc2nn(C(C)C)c(C)c2Cc2ccc(OC(C)C)cc2)O1. The van der Waals surface area contributed by atoms with E-state index >= 15 is 0 Å². The molecule has 1 N–H and O–H groups in total. The zero-order chi connectivity index (χ0) is 25.5. The van der Waals surface area contributed by atoms with Crippen LogP contribution in [0.5, 0.6) is 11.6 Å². The molecule has 3 atom stereocenters. The van der Waals surface area contributed by atoms with Crippen LogP contribution in [0.15, 0.2) is 24.3 Å². The molecule has 1 unspecified atom stereocenters. The molecule has 2 aromatic rings. The maximum Gasteiger partial charge on any atom is 0.508 e. The van der Waals surface area contributed by atoms with E-state index in [1.165, 1.54) is 0 Å². The molecule has 0 bridgehead atoms. The van der Waals surface area contributed by atoms with Crippen LogP contribution in [0.25, 0.3) is 0 Å². The number of ether oxygens (including phenoxy) is 5. The van der Waals surface area contributed by atoms with E-state index in [1.807, 2.05) is 49.7 Å². The average Bonchev–Trinajstić information content (AvgIpc) is 3.08. The minimum absolute atomic E-state index is 0.0210. The van der Waals surface area contributed by atoms with Gasteiger partial charge < -0.3 is 28.8 Å². The summed E-state index contributed by atoms with van der Waals surface area (Å²) in [6.07, 6.45) is -1.24. The smallest absolute Gasteiger partial charge is 0.491 e. The number of aliphatic hydroxyl groups excluding tert-OH is 1. The maximum atomic E-state index is 11.5. The van der Waals surface area contributed by atoms with Crippen LogP contribution in [0.2, 0.25) is 0 Å². The molecule has 1 aliphatic heterocycles. The third-order valence-corrected chi connectivity index (χ3v) is 5.64. The fourth-order valence-corrected chi connectivity index (χ4v) is 4.07. The van der Waals surface area contributed by atoms with Crippen LogP contribution in [0.3, 0.4) is 0 Å². The Labute approximate surface area is 207 Å². The van der Waals surface area contributed by atoms with Gasteiger partial charge >= 0.3 is 6.16 Å². The van der Waals surface area contributed by atoms with Gasteiger partial charge in [-0.1, -0.05) is 12.1 Å². The first-order valence-corrected chi connectivity index (χ1v) is 12.3. The van der Waals surface area contributed by atoms with Gasteiger partial charge in [-0.25, -0.2) is 4.79 Å². The van der Waals surface area contributed by atoms with Crippen LogP contribution < -0.4 is 9.47 Å². The highest BCUT2D eigenvalue weighted by molar-refractivity contribution is 5.59. The molecule has 1 aromatic heterocycles. The molecule has 1 aromatic carbocycles. The molecule has 0 spiro atoms. The Kier molecular flexibility index (Phi) is 9.40. The lowest BCUT2D eigenvalue weighted by Crippen LogP contribution is -2.41. The van der Waals surface area contributed by atoms with E-state index in [-0.39, 0.29) is 25.4 Å². The van der Waals surface area contributed by atoms with Crippen LogP contribution in [-0.4, -0.2) is 58.9 Å². The van der Waals surface area contributed by atoms with Gasteiger partial charge in [0.2, 0.25) is 12.2 Å². The van der Waals surface area contributed by atoms with Gasteiger partial charge in [-0.15, -0.1) is 5.10 Å². The van der Waals surface area contributed by atoms with Gasteiger partial charge in [0, 0.05) is 36.6 Å². The number of rotatable bonds is 10. The molecular weight excluding hydrogens is 452 g/mol. The third kappa shape index (κ3) is 7.60. The first-order valence-electron chi connectivity index (χ1n) is 12.3. The van der Waals surface area contributed by atoms with Crippen LogP contribution >= 0.6 is 0 Å². The summed E-state index contributed by atoms with van der Waals surface area (Å²) < 4.78 is 29.7. The molecule has 194 valence electrons. The van der Waals surface area contributed by atoms with E-state index in [1.54, 1.807) is 6.92 Å². The molecule has 0 amide bonds. The second kappa shape index (κ2) is 12.3. The van der Waals surface area contributed by atoms with E-state index < -0.39 is 24.7 Å². The minimum atomic E-state index is -0.757. The Morgan fingerprint density at radius 1 is 1.17 bits per heavy atom. The second-order valence-corrected chi connectivity index (χ2v) is 9.32. The zero-order valence-corrected chi connectivity index (χ0v) is 21.5. The molecule has 35 heavy (non-hydrogen) atoms. The Hall–Kier alpha value is -2.78. The molecule has 1 aliphatic rings. The highest BCUT2D eigenvalue weighted by Gasteiger charge is 2.32. The van der Waals surface area contributed by atoms with E-state index in [9.17, 15) is 9.90 Å². The van der Waals surface area contributed by atoms with Crippen molar-refractivity contribution in [2.45, 2.75) is 91.4 Å². The minimum Gasteiger partial charge on any atom is -0.491 e. The predicted octanol–water partition coefficient (Wildman–Crippen LogP) is 4.57. The van der Waals surface area contributed by atoms with Crippen molar-refractivity contribution in [2.24, 2.45) is 0 Å². The largest absolute Gasteiger partial charge is 0.508 e. The summed E-state index contributed by atoms with van der Waals surface area (Å²) in [5.74, 6) is 1.30. The van der Waals surface area contributed by atoms with Crippen LogP contribution in [0.4, 0.5) is 4.79 Å². The van der Waals surface area contributed by atoms with E-state index in [4.69, 9.17) is 28.8 Å². The molecule has 0 radical (unpaired) electrons. The van der Waals surface area contributed by atoms with Gasteiger partial charge in [-0.3, -0.25) is 4.68 Å². The molecule has 0 saturated carbocycles. The topological polar surface area (TPSA) is 101 Å². The van der Waals surface area contributed by atoms with Crippen molar-refractivity contribution in [1.82, 2.24) is 9.78 Å². The zero-order valence-electron chi connectivity index (χ0n) is 21.5. The summed E-state index contributed by atoms with van der Waals surface area (Å²) in [4.78, 5) is 11.5. The molecule has 0 aliphatic carbocycles. The first-order chi connectivity index (χ1) is 16.7. The Bertz CT molecular complexity index is 955. The monoisotopic (exact) mass is 490 g/mol. The lowest BCUT2D eigenvalue weighted by molar-refractivity contribution is -0.187. The lowest BCUT2D eigenvalue weighted by atomic mass is 10.0. The highest BCUT2D eigenvalue weighted by atomic mass is 16.7. The van der Waals surface area contributed by atoms with E-state index in [2.05, 4.69) is 13.8 Å². The van der Waals surface area contributed by atoms with Gasteiger partial charge in [0.05, 0.1) is 24.9 Å². The summed E-state index contributed by atoms with van der Waals surface area (Å²) in [5, 5.41) is 15.1. The molecule has 9 heteroatoms. The van der Waals surface area contributed by atoms with Crippen LogP contribution in [0.1, 0.15) is 70.3 Å². The van der Waals surface area contributed by atoms with Gasteiger partial charge in [-0.05, 0) is 59.2 Å². The summed E-state index contributed by atoms with van der Waals surface area (Å²) in [7, 11) is 0. The second-order valence-electron chi connectivity index (χ2n) is 9.32. The number of hydrogen-bond donors (Lipinski definition) is 1. The van der Waals surface area contributed by atoms with Crippen LogP contribution in [0, 0.1) is 6.92 Å². The van der Waals surface area contributed by atoms with Crippen molar-refractivity contribution >= 4 is 6.16 Å². The summed E-state index contributed by atoms with van der Waals surface area (Å²) in [6.45, 7) is 12.1. The van der Waals surface area contributed by atoms with Gasteiger partial charge in [-0.2, -0.15) is 0 Å². The summed E-state index contributed by atoms with van der Waals surface area (Å²) in [6, 6.07) is 8.16. The fourth-order valence-electron chi connectivity index (χ4n) is 4.07. The van der Waals surface area contributed by atoms with Crippen LogP contribution in [-0.2, 0) is 20.6 Å². The number of benzene rings is 1. The van der Waals surface area contributed by atoms with Gasteiger partial charge in [0.1, 0.15) is 12.4 Å². The summed E-state index contributed by atoms with van der Waals surface area (Å²) in [5.41, 5.74) is 3.07. The highest BCUT2D eigenvalue weighted by Crippen LogP contribution is 2.30. The number of carbonyl (C=O) groups is 1. The van der Waals surface area contributed by atoms with Crippen molar-refractivity contribution in [3.63, 3.8) is 0 Å². The predicted molar refractivity (Wildman–Crippen MR) is 130 cm³/mol. The number of nitrogens with zero attached hydrogens (tertiary/aromatic N) is 2. The number of carbonyl (C=O) groups excluding carboxylic acids is 1. The third-order valence-electron chi connectivity index (χ3n) is 5.64. The maximum absolute atomic E-state index is 11.5. The molecule has 9 nitrogen and oxygen atoms in total. The van der Waals surface area contributed by atoms with Gasteiger partial charge in [0.15, 0.2) is 0 Å². The van der Waals surface area contributed by atoms with Crippen molar-refractivity contribution in [3.05, 3.63) is 41.1 Å². The number of hydrogen-bond acceptors (Lipinski definition) is 8. The van der Waals surface area contributed by atoms with Crippen molar-refractivity contribution in [3.8, 4) is 11.6 Å².